The molecule has 1 aromatic carbocycles. The minimum absolute atomic E-state index is 0.0267. The second kappa shape index (κ2) is 7.68. The predicted octanol–water partition coefficient (Wildman–Crippen LogP) is 2.31. The molecule has 0 aliphatic carbocycles. The van der Waals surface area contributed by atoms with Crippen LogP contribution < -0.4 is 4.74 Å². The minimum Gasteiger partial charge on any atom is -0.504 e. The van der Waals surface area contributed by atoms with Crippen LogP contribution in [0.4, 0.5) is 0 Å². The highest BCUT2D eigenvalue weighted by atomic mass is 32.2. The van der Waals surface area contributed by atoms with E-state index in [1.807, 2.05) is 0 Å². The number of thioether (sulfide) groups is 1. The summed E-state index contributed by atoms with van der Waals surface area (Å²) in [6.45, 7) is 0. The van der Waals surface area contributed by atoms with Crippen molar-refractivity contribution in [3.05, 3.63) is 23.3 Å². The Morgan fingerprint density at radius 1 is 1.47 bits per heavy atom. The molecule has 0 amide bonds. The first-order valence-corrected chi connectivity index (χ1v) is 6.88. The van der Waals surface area contributed by atoms with Crippen LogP contribution in [-0.4, -0.2) is 35.3 Å². The van der Waals surface area contributed by atoms with Crippen molar-refractivity contribution in [3.63, 3.8) is 0 Å². The molecule has 0 aliphatic heterocycles. The molecule has 104 valence electrons. The zero-order valence-corrected chi connectivity index (χ0v) is 11.4. The molecule has 0 heterocycles. The van der Waals surface area contributed by atoms with E-state index in [0.29, 0.717) is 35.3 Å². The highest BCUT2D eigenvalue weighted by Gasteiger charge is 2.10. The number of methoxy groups -OCH3 is 1. The van der Waals surface area contributed by atoms with Crippen molar-refractivity contribution in [1.82, 2.24) is 0 Å². The molecule has 19 heavy (non-hydrogen) atoms. The first kappa shape index (κ1) is 15.4. The van der Waals surface area contributed by atoms with E-state index in [9.17, 15) is 14.7 Å². The maximum absolute atomic E-state index is 10.8. The van der Waals surface area contributed by atoms with Gasteiger partial charge < -0.3 is 14.9 Å². The molecule has 0 saturated heterocycles. The zero-order chi connectivity index (χ0) is 14.3. The number of aromatic hydroxyl groups is 1. The number of carboxylic acids is 1. The Hall–Kier alpha value is -1.69. The molecule has 2 N–H and O–H groups in total. The Labute approximate surface area is 115 Å². The third-order valence-electron chi connectivity index (χ3n) is 2.47. The van der Waals surface area contributed by atoms with Gasteiger partial charge in [-0.3, -0.25) is 9.59 Å². The average Bonchev–Trinajstić information content (AvgIpc) is 2.39. The average molecular weight is 284 g/mol. The fraction of sp³-hybridized carbons (Fsp3) is 0.385. The quantitative estimate of drug-likeness (QED) is 0.563. The first-order chi connectivity index (χ1) is 9.08. The van der Waals surface area contributed by atoms with E-state index in [2.05, 4.69) is 0 Å². The van der Waals surface area contributed by atoms with Gasteiger partial charge in [0.1, 0.15) is 6.29 Å². The van der Waals surface area contributed by atoms with Crippen molar-refractivity contribution in [1.29, 1.82) is 0 Å². The summed E-state index contributed by atoms with van der Waals surface area (Å²) in [5.74, 6) is 0.667. The highest BCUT2D eigenvalue weighted by molar-refractivity contribution is 7.98. The lowest BCUT2D eigenvalue weighted by Crippen LogP contribution is -1.96. The van der Waals surface area contributed by atoms with Gasteiger partial charge in [-0.2, -0.15) is 11.8 Å². The number of phenols is 1. The van der Waals surface area contributed by atoms with Gasteiger partial charge >= 0.3 is 5.97 Å². The molecule has 0 aromatic heterocycles. The smallest absolute Gasteiger partial charge is 0.303 e. The molecule has 5 nitrogen and oxygen atoms in total. The second-order valence-corrected chi connectivity index (χ2v) is 5.00. The maximum atomic E-state index is 10.8. The summed E-state index contributed by atoms with van der Waals surface area (Å²) in [5, 5.41) is 18.4. The number of aliphatic carboxylic acids is 1. The van der Waals surface area contributed by atoms with Crippen LogP contribution in [0.2, 0.25) is 0 Å². The largest absolute Gasteiger partial charge is 0.504 e. The fourth-order valence-corrected chi connectivity index (χ4v) is 2.46. The number of carboxylic acid groups (broad SMARTS) is 1. The summed E-state index contributed by atoms with van der Waals surface area (Å²) in [5.41, 5.74) is 1.05. The molecular weight excluding hydrogens is 268 g/mol. The van der Waals surface area contributed by atoms with Crippen LogP contribution in [0.25, 0.3) is 0 Å². The summed E-state index contributed by atoms with van der Waals surface area (Å²) < 4.78 is 4.99. The Balaban J connectivity index is 2.61. The van der Waals surface area contributed by atoms with Crippen molar-refractivity contribution in [2.24, 2.45) is 0 Å². The van der Waals surface area contributed by atoms with Crippen LogP contribution in [0.1, 0.15) is 28.8 Å². The Morgan fingerprint density at radius 3 is 2.79 bits per heavy atom. The molecule has 1 rings (SSSR count). The lowest BCUT2D eigenvalue weighted by molar-refractivity contribution is -0.137. The number of hydrogen-bond donors (Lipinski definition) is 2. The molecule has 0 saturated carbocycles. The van der Waals surface area contributed by atoms with Gasteiger partial charge in [-0.05, 0) is 24.3 Å². The molecule has 6 heteroatoms. The molecule has 0 fully saturated rings. The van der Waals surface area contributed by atoms with Crippen LogP contribution in [0.5, 0.6) is 11.5 Å². The Kier molecular flexibility index (Phi) is 6.21. The predicted molar refractivity (Wildman–Crippen MR) is 73.1 cm³/mol. The van der Waals surface area contributed by atoms with E-state index in [1.54, 1.807) is 6.07 Å². The molecular formula is C13H16O5S. The van der Waals surface area contributed by atoms with E-state index in [4.69, 9.17) is 9.84 Å². The third-order valence-corrected chi connectivity index (χ3v) is 3.56. The van der Waals surface area contributed by atoms with Gasteiger partial charge in [-0.1, -0.05) is 0 Å². The standard InChI is InChI=1S/C13H16O5S/c1-18-11-6-9(7-14)5-10(13(11)17)8-19-4-2-3-12(15)16/h5-7,17H,2-4,8H2,1H3,(H,15,16). The summed E-state index contributed by atoms with van der Waals surface area (Å²) in [4.78, 5) is 21.1. The van der Waals surface area contributed by atoms with E-state index < -0.39 is 5.97 Å². The summed E-state index contributed by atoms with van der Waals surface area (Å²) in [6, 6.07) is 3.08. The number of benzene rings is 1. The van der Waals surface area contributed by atoms with Gasteiger partial charge in [-0.25, -0.2) is 0 Å². The topological polar surface area (TPSA) is 83.8 Å². The van der Waals surface area contributed by atoms with Crippen LogP contribution in [0.3, 0.4) is 0 Å². The van der Waals surface area contributed by atoms with Gasteiger partial charge in [0.15, 0.2) is 11.5 Å². The van der Waals surface area contributed by atoms with Gasteiger partial charge in [0.25, 0.3) is 0 Å². The van der Waals surface area contributed by atoms with Crippen molar-refractivity contribution < 1.29 is 24.5 Å². The van der Waals surface area contributed by atoms with Gasteiger partial charge in [0.05, 0.1) is 7.11 Å². The molecule has 0 spiro atoms. The number of aldehydes is 1. The van der Waals surface area contributed by atoms with Crippen molar-refractivity contribution >= 4 is 24.0 Å². The molecule has 0 unspecified atom stereocenters. The minimum atomic E-state index is -0.812. The first-order valence-electron chi connectivity index (χ1n) is 5.73. The van der Waals surface area contributed by atoms with Crippen molar-refractivity contribution in [3.8, 4) is 11.5 Å². The number of hydrogen-bond acceptors (Lipinski definition) is 5. The zero-order valence-electron chi connectivity index (χ0n) is 10.6. The molecule has 0 bridgehead atoms. The summed E-state index contributed by atoms with van der Waals surface area (Å²) in [7, 11) is 1.42. The van der Waals surface area contributed by atoms with Crippen molar-refractivity contribution in [2.75, 3.05) is 12.9 Å². The number of ether oxygens (including phenoxy) is 1. The Bertz CT molecular complexity index is 459. The molecule has 0 aliphatic rings. The van der Waals surface area contributed by atoms with E-state index in [0.717, 1.165) is 0 Å². The fourth-order valence-electron chi connectivity index (χ4n) is 1.53. The Morgan fingerprint density at radius 2 is 2.21 bits per heavy atom. The number of carbonyl (C=O) groups is 2. The van der Waals surface area contributed by atoms with Crippen LogP contribution in [0, 0.1) is 0 Å². The van der Waals surface area contributed by atoms with E-state index in [-0.39, 0.29) is 17.9 Å². The number of rotatable bonds is 8. The molecule has 0 radical (unpaired) electrons. The van der Waals surface area contributed by atoms with Crippen LogP contribution in [-0.2, 0) is 10.5 Å². The lowest BCUT2D eigenvalue weighted by atomic mass is 10.1. The summed E-state index contributed by atoms with van der Waals surface area (Å²) >= 11 is 1.51. The monoisotopic (exact) mass is 284 g/mol. The third kappa shape index (κ3) is 4.82. The highest BCUT2D eigenvalue weighted by Crippen LogP contribution is 2.33. The maximum Gasteiger partial charge on any atom is 0.303 e. The lowest BCUT2D eigenvalue weighted by Gasteiger charge is -2.09. The SMILES string of the molecule is COc1cc(C=O)cc(CSCCCC(=O)O)c1O. The van der Waals surface area contributed by atoms with Crippen molar-refractivity contribution in [2.45, 2.75) is 18.6 Å². The van der Waals surface area contributed by atoms with Gasteiger partial charge in [-0.15, -0.1) is 0 Å². The van der Waals surface area contributed by atoms with Gasteiger partial charge in [0.2, 0.25) is 0 Å². The normalized spacial score (nSPS) is 10.2. The number of phenolic OH excluding ortho intramolecular Hbond substituents is 1. The van der Waals surface area contributed by atoms with E-state index in [1.165, 1.54) is 24.9 Å². The second-order valence-electron chi connectivity index (χ2n) is 3.90. The van der Waals surface area contributed by atoms with Gasteiger partial charge in [0, 0.05) is 23.3 Å². The molecule has 0 atom stereocenters. The van der Waals surface area contributed by atoms with Crippen LogP contribution >= 0.6 is 11.8 Å². The number of carbonyl (C=O) groups excluding carboxylic acids is 1. The molecule has 1 aromatic rings. The summed E-state index contributed by atoms with van der Waals surface area (Å²) in [6.07, 6.45) is 1.41. The van der Waals surface area contributed by atoms with E-state index >= 15 is 0 Å². The van der Waals surface area contributed by atoms with Crippen LogP contribution in [0.15, 0.2) is 12.1 Å².